The third-order valence-electron chi connectivity index (χ3n) is 9.77. The van der Waals surface area contributed by atoms with Crippen LogP contribution in [0.15, 0.2) is 176 Å². The molecule has 7 nitrogen and oxygen atoms in total. The van der Waals surface area contributed by atoms with E-state index in [1.54, 1.807) is 11.3 Å². The van der Waals surface area contributed by atoms with E-state index in [2.05, 4.69) is 47.3 Å². The fourth-order valence-corrected chi connectivity index (χ4v) is 8.14. The van der Waals surface area contributed by atoms with Crippen LogP contribution in [0.5, 0.6) is 0 Å². The van der Waals surface area contributed by atoms with Crippen LogP contribution >= 0.6 is 11.3 Å². The summed E-state index contributed by atoms with van der Waals surface area (Å²) in [6, 6.07) is 58.5. The molecule has 3 aromatic heterocycles. The summed E-state index contributed by atoms with van der Waals surface area (Å²) in [7, 11) is 0. The molecular weight excluding hydrogens is 719 g/mol. The van der Waals surface area contributed by atoms with Crippen LogP contribution in [0.25, 0.3) is 104 Å². The van der Waals surface area contributed by atoms with Crippen molar-refractivity contribution in [2.24, 2.45) is 0 Å². The second-order valence-electron chi connectivity index (χ2n) is 13.4. The highest BCUT2D eigenvalue weighted by Crippen LogP contribution is 2.42. The van der Waals surface area contributed by atoms with Gasteiger partial charge in [0.05, 0.1) is 6.57 Å². The van der Waals surface area contributed by atoms with E-state index in [9.17, 15) is 0 Å². The van der Waals surface area contributed by atoms with Crippen LogP contribution in [0.1, 0.15) is 0 Å². The lowest BCUT2D eigenvalue weighted by molar-refractivity contribution is 1.07. The van der Waals surface area contributed by atoms with Crippen molar-refractivity contribution in [2.45, 2.75) is 0 Å². The minimum atomic E-state index is 0.494. The zero-order valence-electron chi connectivity index (χ0n) is 30.3. The van der Waals surface area contributed by atoms with E-state index in [-0.39, 0.29) is 0 Å². The molecule has 10 rings (SSSR count). The van der Waals surface area contributed by atoms with Crippen molar-refractivity contribution in [3.63, 3.8) is 0 Å². The van der Waals surface area contributed by atoms with E-state index in [1.807, 2.05) is 133 Å². The molecule has 0 atom stereocenters. The number of aromatic nitrogens is 6. The monoisotopic (exact) mass is 747 g/mol. The molecule has 0 aliphatic rings. The molecule has 0 unspecified atom stereocenters. The van der Waals surface area contributed by atoms with Crippen molar-refractivity contribution < 1.29 is 0 Å². The van der Waals surface area contributed by atoms with Gasteiger partial charge >= 0.3 is 0 Å². The first-order valence-electron chi connectivity index (χ1n) is 18.4. The SMILES string of the molecule is [C-]#[N+]c1cc(-c2ccc3sc4cccc(-c5nc(-c6ccccc6)nc(-c6ccccc6)n5)c4c3c2)cc(-c2nc(-c3ccccc3)nc(-c3ccccc3)n2)c1. The van der Waals surface area contributed by atoms with Gasteiger partial charge in [0.15, 0.2) is 40.6 Å². The Labute approximate surface area is 332 Å². The summed E-state index contributed by atoms with van der Waals surface area (Å²) in [6.07, 6.45) is 0. The lowest BCUT2D eigenvalue weighted by Crippen LogP contribution is -2.00. The molecular formula is C49H29N7S. The molecule has 10 aromatic rings. The third-order valence-corrected chi connectivity index (χ3v) is 10.9. The van der Waals surface area contributed by atoms with Crippen molar-refractivity contribution in [1.29, 1.82) is 0 Å². The van der Waals surface area contributed by atoms with Gasteiger partial charge in [0.25, 0.3) is 0 Å². The number of hydrogen-bond donors (Lipinski definition) is 0. The maximum atomic E-state index is 8.07. The minimum Gasteiger partial charge on any atom is -0.238 e. The molecule has 0 saturated carbocycles. The van der Waals surface area contributed by atoms with E-state index in [0.717, 1.165) is 64.7 Å². The smallest absolute Gasteiger partial charge is 0.188 e. The van der Waals surface area contributed by atoms with Crippen LogP contribution in [0.2, 0.25) is 0 Å². The van der Waals surface area contributed by atoms with Crippen molar-refractivity contribution in [1.82, 2.24) is 29.9 Å². The fourth-order valence-electron chi connectivity index (χ4n) is 7.03. The summed E-state index contributed by atoms with van der Waals surface area (Å²) in [5.74, 6) is 3.47. The van der Waals surface area contributed by atoms with Crippen molar-refractivity contribution in [3.05, 3.63) is 187 Å². The molecule has 0 aliphatic carbocycles. The van der Waals surface area contributed by atoms with E-state index in [4.69, 9.17) is 36.5 Å². The van der Waals surface area contributed by atoms with Crippen LogP contribution < -0.4 is 0 Å². The Morgan fingerprint density at radius 1 is 0.351 bits per heavy atom. The predicted molar refractivity (Wildman–Crippen MR) is 230 cm³/mol. The molecule has 3 heterocycles. The first-order chi connectivity index (χ1) is 28.2. The van der Waals surface area contributed by atoms with Gasteiger partial charge in [-0.3, -0.25) is 0 Å². The number of benzene rings is 7. The number of hydrogen-bond acceptors (Lipinski definition) is 7. The van der Waals surface area contributed by atoms with Gasteiger partial charge in [-0.25, -0.2) is 34.7 Å². The fraction of sp³-hybridized carbons (Fsp3) is 0. The summed E-state index contributed by atoms with van der Waals surface area (Å²) in [5.41, 5.74) is 7.62. The highest BCUT2D eigenvalue weighted by Gasteiger charge is 2.19. The summed E-state index contributed by atoms with van der Waals surface area (Å²) in [4.78, 5) is 33.7. The molecule has 0 N–H and O–H groups in total. The molecule has 0 fully saturated rings. The van der Waals surface area contributed by atoms with Crippen molar-refractivity contribution in [3.8, 4) is 79.5 Å². The lowest BCUT2D eigenvalue weighted by Gasteiger charge is -2.11. The van der Waals surface area contributed by atoms with E-state index < -0.39 is 0 Å². The summed E-state index contributed by atoms with van der Waals surface area (Å²) < 4.78 is 2.27. The molecule has 8 heteroatoms. The minimum absolute atomic E-state index is 0.494. The molecule has 0 spiro atoms. The van der Waals surface area contributed by atoms with E-state index >= 15 is 0 Å². The van der Waals surface area contributed by atoms with Crippen LogP contribution in [0.3, 0.4) is 0 Å². The van der Waals surface area contributed by atoms with Gasteiger partial charge in [-0.15, -0.1) is 11.3 Å². The van der Waals surface area contributed by atoms with E-state index in [0.29, 0.717) is 40.6 Å². The first kappa shape index (κ1) is 33.8. The van der Waals surface area contributed by atoms with Crippen LogP contribution in [0.4, 0.5) is 5.69 Å². The predicted octanol–water partition coefficient (Wildman–Crippen LogP) is 12.6. The second-order valence-corrected chi connectivity index (χ2v) is 14.5. The number of thiophene rings is 1. The second kappa shape index (κ2) is 14.5. The molecule has 0 aliphatic heterocycles. The quantitative estimate of drug-likeness (QED) is 0.151. The maximum Gasteiger partial charge on any atom is 0.188 e. The van der Waals surface area contributed by atoms with Gasteiger partial charge in [-0.2, -0.15) is 0 Å². The van der Waals surface area contributed by atoms with Gasteiger partial charge < -0.3 is 0 Å². The molecule has 0 amide bonds. The maximum absolute atomic E-state index is 8.07. The van der Waals surface area contributed by atoms with Gasteiger partial charge in [-0.05, 0) is 47.5 Å². The van der Waals surface area contributed by atoms with Gasteiger partial charge in [0.1, 0.15) is 0 Å². The Balaban J connectivity index is 1.13. The Morgan fingerprint density at radius 3 is 1.30 bits per heavy atom. The lowest BCUT2D eigenvalue weighted by atomic mass is 9.98. The molecule has 0 radical (unpaired) electrons. The van der Waals surface area contributed by atoms with Crippen molar-refractivity contribution in [2.75, 3.05) is 0 Å². The Bertz CT molecular complexity index is 3010. The van der Waals surface area contributed by atoms with Crippen LogP contribution in [-0.2, 0) is 0 Å². The molecule has 7 aromatic carbocycles. The zero-order chi connectivity index (χ0) is 38.1. The average Bonchev–Trinajstić information content (AvgIpc) is 3.68. The summed E-state index contributed by atoms with van der Waals surface area (Å²) in [5, 5.41) is 2.15. The largest absolute Gasteiger partial charge is 0.238 e. The van der Waals surface area contributed by atoms with E-state index in [1.165, 1.54) is 0 Å². The highest BCUT2D eigenvalue weighted by atomic mass is 32.1. The molecule has 0 bridgehead atoms. The number of fused-ring (bicyclic) bond motifs is 3. The molecule has 57 heavy (non-hydrogen) atoms. The number of rotatable bonds is 7. The average molecular weight is 748 g/mol. The van der Waals surface area contributed by atoms with Crippen LogP contribution in [0, 0.1) is 6.57 Å². The highest BCUT2D eigenvalue weighted by molar-refractivity contribution is 7.26. The molecule has 0 saturated heterocycles. The Kier molecular flexibility index (Phi) is 8.60. The third kappa shape index (κ3) is 6.59. The van der Waals surface area contributed by atoms with Gasteiger partial charge in [0.2, 0.25) is 0 Å². The van der Waals surface area contributed by atoms with Gasteiger partial charge in [-0.1, -0.05) is 140 Å². The standard InChI is InChI=1S/C49H29N7S/c1-50-38-28-36(27-37(29-38)48-53-44(31-15-6-2-7-16-31)51-45(54-48)32-17-8-3-9-18-32)35-25-26-41-40(30-35)43-39(23-14-24-42(43)57-41)49-55-46(33-19-10-4-11-20-33)52-47(56-49)34-21-12-5-13-22-34/h2-30H. The normalized spacial score (nSPS) is 11.1. The van der Waals surface area contributed by atoms with Crippen molar-refractivity contribution >= 4 is 37.2 Å². The van der Waals surface area contributed by atoms with Gasteiger partial charge in [0, 0.05) is 53.6 Å². The van der Waals surface area contributed by atoms with Crippen LogP contribution in [-0.4, -0.2) is 29.9 Å². The molecule has 266 valence electrons. The Hall–Kier alpha value is -7.73. The number of nitrogens with zero attached hydrogens (tertiary/aromatic N) is 7. The zero-order valence-corrected chi connectivity index (χ0v) is 31.1. The summed E-state index contributed by atoms with van der Waals surface area (Å²) in [6.45, 7) is 8.07. The first-order valence-corrected chi connectivity index (χ1v) is 19.2. The summed E-state index contributed by atoms with van der Waals surface area (Å²) >= 11 is 1.74. The topological polar surface area (TPSA) is 81.7 Å². The Morgan fingerprint density at radius 2 is 0.807 bits per heavy atom.